The molecule has 2 N–H and O–H groups in total. The van der Waals surface area contributed by atoms with E-state index in [0.717, 1.165) is 25.1 Å². The lowest BCUT2D eigenvalue weighted by Gasteiger charge is -2.27. The van der Waals surface area contributed by atoms with E-state index < -0.39 is 0 Å². The van der Waals surface area contributed by atoms with Crippen molar-refractivity contribution in [3.05, 3.63) is 58.8 Å². The van der Waals surface area contributed by atoms with Gasteiger partial charge in [0, 0.05) is 18.8 Å². The van der Waals surface area contributed by atoms with Crippen molar-refractivity contribution in [3.8, 4) is 6.07 Å². The van der Waals surface area contributed by atoms with Crippen LogP contribution < -0.4 is 10.6 Å². The molecular weight excluding hydrogens is 260 g/mol. The van der Waals surface area contributed by atoms with Crippen molar-refractivity contribution in [2.24, 2.45) is 0 Å². The van der Waals surface area contributed by atoms with E-state index in [2.05, 4.69) is 46.0 Å². The Morgan fingerprint density at radius 3 is 3.10 bits per heavy atom. The van der Waals surface area contributed by atoms with Gasteiger partial charge in [0.25, 0.3) is 0 Å². The normalized spacial score (nSPS) is 16.9. The van der Waals surface area contributed by atoms with Crippen molar-refractivity contribution in [3.63, 3.8) is 0 Å². The minimum atomic E-state index is 0.254. The highest BCUT2D eigenvalue weighted by Crippen LogP contribution is 2.23. The molecule has 1 aliphatic rings. The average molecular weight is 278 g/mol. The fraction of sp³-hybridized carbons (Fsp3) is 0.294. The van der Waals surface area contributed by atoms with Crippen LogP contribution >= 0.6 is 0 Å². The largest absolute Gasteiger partial charge is 0.367 e. The molecule has 0 fully saturated rings. The molecule has 1 aromatic heterocycles. The molecule has 1 unspecified atom stereocenters. The Balaban J connectivity index is 1.78. The minimum Gasteiger partial charge on any atom is -0.367 e. The lowest BCUT2D eigenvalue weighted by atomic mass is 9.94. The third kappa shape index (κ3) is 2.74. The van der Waals surface area contributed by atoms with Gasteiger partial charge >= 0.3 is 0 Å². The number of aromatic nitrogens is 1. The summed E-state index contributed by atoms with van der Waals surface area (Å²) in [5.74, 6) is 0.669. The predicted molar refractivity (Wildman–Crippen MR) is 83.1 cm³/mol. The lowest BCUT2D eigenvalue weighted by molar-refractivity contribution is 0.523. The molecule has 2 aromatic rings. The first-order chi connectivity index (χ1) is 10.3. The summed E-state index contributed by atoms with van der Waals surface area (Å²) < 4.78 is 0. The number of nitriles is 1. The zero-order chi connectivity index (χ0) is 14.7. The van der Waals surface area contributed by atoms with Crippen molar-refractivity contribution in [1.82, 2.24) is 10.3 Å². The van der Waals surface area contributed by atoms with Gasteiger partial charge in [0.05, 0.1) is 5.56 Å². The minimum absolute atomic E-state index is 0.254. The molecule has 0 aliphatic carbocycles. The molecular formula is C17H18N4. The van der Waals surface area contributed by atoms with Crippen LogP contribution in [0.3, 0.4) is 0 Å². The second-order valence-corrected chi connectivity index (χ2v) is 5.30. The number of anilines is 1. The zero-order valence-corrected chi connectivity index (χ0v) is 12.1. The van der Waals surface area contributed by atoms with Crippen molar-refractivity contribution in [2.75, 3.05) is 18.4 Å². The second kappa shape index (κ2) is 5.94. The molecule has 1 aliphatic heterocycles. The number of nitrogens with one attached hydrogen (secondary N) is 2. The van der Waals surface area contributed by atoms with Crippen LogP contribution in [0.25, 0.3) is 0 Å². The highest BCUT2D eigenvalue weighted by molar-refractivity contribution is 5.55. The summed E-state index contributed by atoms with van der Waals surface area (Å²) in [4.78, 5) is 4.29. The first kappa shape index (κ1) is 13.6. The Morgan fingerprint density at radius 2 is 2.24 bits per heavy atom. The fourth-order valence-electron chi connectivity index (χ4n) is 2.81. The summed E-state index contributed by atoms with van der Waals surface area (Å²) in [6.45, 7) is 3.64. The molecule has 3 rings (SSSR count). The molecule has 21 heavy (non-hydrogen) atoms. The summed E-state index contributed by atoms with van der Waals surface area (Å²) in [7, 11) is 0. The molecule has 106 valence electrons. The maximum atomic E-state index is 9.25. The monoisotopic (exact) mass is 278 g/mol. The van der Waals surface area contributed by atoms with Gasteiger partial charge in [0.2, 0.25) is 0 Å². The van der Waals surface area contributed by atoms with Crippen molar-refractivity contribution < 1.29 is 0 Å². The molecule has 0 radical (unpaired) electrons. The van der Waals surface area contributed by atoms with Crippen LogP contribution in [0, 0.1) is 18.3 Å². The summed E-state index contributed by atoms with van der Waals surface area (Å²) in [6.07, 6.45) is 2.81. The van der Waals surface area contributed by atoms with Crippen molar-refractivity contribution in [1.29, 1.82) is 5.26 Å². The van der Waals surface area contributed by atoms with Crippen LogP contribution in [0.5, 0.6) is 0 Å². The molecule has 2 heterocycles. The summed E-state index contributed by atoms with van der Waals surface area (Å²) >= 11 is 0. The lowest BCUT2D eigenvalue weighted by Crippen LogP contribution is -2.34. The van der Waals surface area contributed by atoms with Gasteiger partial charge < -0.3 is 10.6 Å². The third-order valence-corrected chi connectivity index (χ3v) is 3.96. The Kier molecular flexibility index (Phi) is 3.85. The van der Waals surface area contributed by atoms with Crippen LogP contribution in [-0.4, -0.2) is 18.1 Å². The van der Waals surface area contributed by atoms with Gasteiger partial charge in [0.15, 0.2) is 0 Å². The SMILES string of the molecule is Cc1ccnc(NCC2NCCc3ccccc32)c1C#N. The Hall–Kier alpha value is -2.38. The van der Waals surface area contributed by atoms with E-state index in [1.54, 1.807) is 6.20 Å². The maximum Gasteiger partial charge on any atom is 0.144 e. The van der Waals surface area contributed by atoms with E-state index >= 15 is 0 Å². The van der Waals surface area contributed by atoms with Crippen LogP contribution in [-0.2, 0) is 6.42 Å². The van der Waals surface area contributed by atoms with Crippen molar-refractivity contribution in [2.45, 2.75) is 19.4 Å². The van der Waals surface area contributed by atoms with Gasteiger partial charge in [0.1, 0.15) is 11.9 Å². The number of rotatable bonds is 3. The van der Waals surface area contributed by atoms with Crippen molar-refractivity contribution >= 4 is 5.82 Å². The number of fused-ring (bicyclic) bond motifs is 1. The third-order valence-electron chi connectivity index (χ3n) is 3.96. The van der Waals surface area contributed by atoms with Gasteiger partial charge in [-0.3, -0.25) is 0 Å². The van der Waals surface area contributed by atoms with Crippen LogP contribution in [0.1, 0.15) is 28.3 Å². The number of pyridine rings is 1. The number of hydrogen-bond donors (Lipinski definition) is 2. The average Bonchev–Trinajstić information content (AvgIpc) is 2.53. The summed E-state index contributed by atoms with van der Waals surface area (Å²) in [5, 5.41) is 16.1. The molecule has 1 aromatic carbocycles. The van der Waals surface area contributed by atoms with Gasteiger partial charge in [-0.15, -0.1) is 0 Å². The van der Waals surface area contributed by atoms with Crippen LogP contribution in [0.2, 0.25) is 0 Å². The van der Waals surface area contributed by atoms with Gasteiger partial charge in [-0.2, -0.15) is 5.26 Å². The second-order valence-electron chi connectivity index (χ2n) is 5.30. The van der Waals surface area contributed by atoms with Gasteiger partial charge in [-0.25, -0.2) is 4.98 Å². The molecule has 0 bridgehead atoms. The highest BCUT2D eigenvalue weighted by atomic mass is 15.0. The molecule has 4 nitrogen and oxygen atoms in total. The smallest absolute Gasteiger partial charge is 0.144 e. The first-order valence-corrected chi connectivity index (χ1v) is 7.20. The van der Waals surface area contributed by atoms with E-state index in [4.69, 9.17) is 0 Å². The molecule has 0 saturated heterocycles. The Morgan fingerprint density at radius 1 is 1.38 bits per heavy atom. The first-order valence-electron chi connectivity index (χ1n) is 7.20. The molecule has 0 amide bonds. The standard InChI is InChI=1S/C17H18N4/c1-12-6-8-20-17(15(12)10-18)21-11-16-14-5-3-2-4-13(14)7-9-19-16/h2-6,8,16,19H,7,9,11H2,1H3,(H,20,21). The molecule has 1 atom stereocenters. The quantitative estimate of drug-likeness (QED) is 0.906. The van der Waals surface area contributed by atoms with E-state index in [1.807, 2.05) is 13.0 Å². The number of hydrogen-bond acceptors (Lipinski definition) is 4. The Labute approximate surface area is 124 Å². The number of nitrogens with zero attached hydrogens (tertiary/aromatic N) is 2. The van der Waals surface area contributed by atoms with Gasteiger partial charge in [-0.05, 0) is 42.6 Å². The van der Waals surface area contributed by atoms with E-state index in [0.29, 0.717) is 11.4 Å². The Bertz CT molecular complexity index is 687. The summed E-state index contributed by atoms with van der Waals surface area (Å²) in [5.41, 5.74) is 4.32. The topological polar surface area (TPSA) is 60.7 Å². The number of benzene rings is 1. The van der Waals surface area contributed by atoms with E-state index in [9.17, 15) is 5.26 Å². The van der Waals surface area contributed by atoms with Gasteiger partial charge in [-0.1, -0.05) is 24.3 Å². The van der Waals surface area contributed by atoms with E-state index in [-0.39, 0.29) is 6.04 Å². The van der Waals surface area contributed by atoms with Crippen LogP contribution in [0.4, 0.5) is 5.82 Å². The zero-order valence-electron chi connectivity index (χ0n) is 12.1. The molecule has 4 heteroatoms. The fourth-order valence-corrected chi connectivity index (χ4v) is 2.81. The molecule has 0 spiro atoms. The highest BCUT2D eigenvalue weighted by Gasteiger charge is 2.19. The van der Waals surface area contributed by atoms with E-state index in [1.165, 1.54) is 11.1 Å². The molecule has 0 saturated carbocycles. The maximum absolute atomic E-state index is 9.25. The van der Waals surface area contributed by atoms with Crippen LogP contribution in [0.15, 0.2) is 36.5 Å². The number of aryl methyl sites for hydroxylation is 1. The summed E-state index contributed by atoms with van der Waals surface area (Å²) in [6, 6.07) is 12.9. The predicted octanol–water partition coefficient (Wildman–Crippen LogP) is 2.56.